The molecule has 0 aromatic carbocycles. The van der Waals surface area contributed by atoms with Crippen LogP contribution in [0, 0.1) is 20.8 Å². The van der Waals surface area contributed by atoms with E-state index in [0.29, 0.717) is 5.69 Å². The highest BCUT2D eigenvalue weighted by atomic mass is 35.5. The lowest BCUT2D eigenvalue weighted by molar-refractivity contribution is 0.601. The number of sulfonamides is 1. The molecule has 0 amide bonds. The maximum Gasteiger partial charge on any atom is 0.263 e. The van der Waals surface area contributed by atoms with Crippen molar-refractivity contribution in [1.82, 2.24) is 4.98 Å². The van der Waals surface area contributed by atoms with Crippen molar-refractivity contribution >= 4 is 38.6 Å². The highest BCUT2D eigenvalue weighted by Gasteiger charge is 2.21. The number of anilines is 1. The third-order valence-corrected chi connectivity index (χ3v) is 5.49. The van der Waals surface area contributed by atoms with Crippen LogP contribution in [0.4, 0.5) is 5.69 Å². The third-order valence-electron chi connectivity index (χ3n) is 2.63. The summed E-state index contributed by atoms with van der Waals surface area (Å²) in [6, 6.07) is 3.36. The molecule has 2 rings (SSSR count). The van der Waals surface area contributed by atoms with E-state index in [1.54, 1.807) is 26.0 Å². The molecule has 1 N–H and O–H groups in total. The van der Waals surface area contributed by atoms with Crippen molar-refractivity contribution in [2.75, 3.05) is 4.72 Å². The maximum absolute atomic E-state index is 12.3. The molecular formula is C12H13ClN2O2S2. The lowest BCUT2D eigenvalue weighted by atomic mass is 10.3. The molecule has 2 aromatic rings. The first-order valence-electron chi connectivity index (χ1n) is 5.52. The number of aryl methyl sites for hydroxylation is 3. The molecule has 0 spiro atoms. The summed E-state index contributed by atoms with van der Waals surface area (Å²) in [7, 11) is -3.63. The molecule has 0 aliphatic carbocycles. The Kier molecular flexibility index (Phi) is 3.85. The quantitative estimate of drug-likeness (QED) is 0.881. The van der Waals surface area contributed by atoms with E-state index in [9.17, 15) is 8.42 Å². The maximum atomic E-state index is 12.3. The zero-order chi connectivity index (χ0) is 14.2. The lowest BCUT2D eigenvalue weighted by Gasteiger charge is -2.11. The van der Waals surface area contributed by atoms with Gasteiger partial charge in [0.15, 0.2) is 5.15 Å². The van der Waals surface area contributed by atoms with Crippen LogP contribution in [-0.4, -0.2) is 13.4 Å². The Morgan fingerprint density at radius 1 is 1.32 bits per heavy atom. The van der Waals surface area contributed by atoms with E-state index in [-0.39, 0.29) is 10.0 Å². The van der Waals surface area contributed by atoms with E-state index in [1.165, 1.54) is 17.5 Å². The number of pyridine rings is 1. The minimum Gasteiger partial charge on any atom is -0.276 e. The summed E-state index contributed by atoms with van der Waals surface area (Å²) in [4.78, 5) is 5.88. The number of nitrogens with one attached hydrogen (secondary N) is 1. The van der Waals surface area contributed by atoms with Crippen molar-refractivity contribution < 1.29 is 8.42 Å². The van der Waals surface area contributed by atoms with Crippen LogP contribution in [0.5, 0.6) is 0 Å². The van der Waals surface area contributed by atoms with Gasteiger partial charge in [-0.2, -0.15) is 0 Å². The highest BCUT2D eigenvalue weighted by molar-refractivity contribution is 7.93. The van der Waals surface area contributed by atoms with Crippen LogP contribution < -0.4 is 4.72 Å². The Morgan fingerprint density at radius 2 is 2.00 bits per heavy atom. The number of hydrogen-bond donors (Lipinski definition) is 1. The van der Waals surface area contributed by atoms with E-state index < -0.39 is 10.0 Å². The van der Waals surface area contributed by atoms with Gasteiger partial charge in [-0.05, 0) is 38.5 Å². The fraction of sp³-hybridized carbons (Fsp3) is 0.250. The van der Waals surface area contributed by atoms with Crippen LogP contribution in [0.1, 0.15) is 15.3 Å². The van der Waals surface area contributed by atoms with Gasteiger partial charge in [-0.25, -0.2) is 13.4 Å². The monoisotopic (exact) mass is 316 g/mol. The molecule has 0 saturated heterocycles. The van der Waals surface area contributed by atoms with Crippen LogP contribution in [0.2, 0.25) is 5.15 Å². The first kappa shape index (κ1) is 14.3. The third kappa shape index (κ3) is 2.91. The van der Waals surface area contributed by atoms with E-state index in [0.717, 1.165) is 15.3 Å². The zero-order valence-electron chi connectivity index (χ0n) is 10.7. The van der Waals surface area contributed by atoms with Gasteiger partial charge in [0.05, 0.1) is 5.69 Å². The van der Waals surface area contributed by atoms with Crippen LogP contribution in [0.15, 0.2) is 23.2 Å². The molecular weight excluding hydrogens is 304 g/mol. The summed E-state index contributed by atoms with van der Waals surface area (Å²) >= 11 is 7.38. The van der Waals surface area contributed by atoms with Gasteiger partial charge in [-0.3, -0.25) is 4.72 Å². The first-order chi connectivity index (χ1) is 8.81. The van der Waals surface area contributed by atoms with E-state index in [2.05, 4.69) is 9.71 Å². The predicted molar refractivity (Wildman–Crippen MR) is 78.6 cm³/mol. The van der Waals surface area contributed by atoms with Crippen molar-refractivity contribution in [3.05, 3.63) is 38.8 Å². The second kappa shape index (κ2) is 5.11. The van der Waals surface area contributed by atoms with Crippen molar-refractivity contribution in [2.45, 2.75) is 25.7 Å². The van der Waals surface area contributed by atoms with E-state index in [4.69, 9.17) is 11.6 Å². The number of nitrogens with zero attached hydrogens (tertiary/aromatic N) is 1. The summed E-state index contributed by atoms with van der Waals surface area (Å²) < 4.78 is 27.2. The average Bonchev–Trinajstić information content (AvgIpc) is 2.64. The summed E-state index contributed by atoms with van der Waals surface area (Å²) in [5.74, 6) is 0. The van der Waals surface area contributed by atoms with Gasteiger partial charge in [0, 0.05) is 16.0 Å². The van der Waals surface area contributed by atoms with Gasteiger partial charge < -0.3 is 0 Å². The first-order valence-corrected chi connectivity index (χ1v) is 8.20. The minimum absolute atomic E-state index is 0.146. The molecule has 2 heterocycles. The van der Waals surface area contributed by atoms with Crippen molar-refractivity contribution in [2.24, 2.45) is 0 Å². The smallest absolute Gasteiger partial charge is 0.263 e. The van der Waals surface area contributed by atoms with Crippen LogP contribution in [-0.2, 0) is 10.0 Å². The van der Waals surface area contributed by atoms with Crippen molar-refractivity contribution in [3.63, 3.8) is 0 Å². The zero-order valence-corrected chi connectivity index (χ0v) is 13.1. The number of hydrogen-bond acceptors (Lipinski definition) is 4. The van der Waals surface area contributed by atoms with E-state index >= 15 is 0 Å². The summed E-state index contributed by atoms with van der Waals surface area (Å²) in [6.45, 7) is 5.43. The highest BCUT2D eigenvalue weighted by Crippen LogP contribution is 2.30. The lowest BCUT2D eigenvalue weighted by Crippen LogP contribution is -2.14. The van der Waals surface area contributed by atoms with Crippen molar-refractivity contribution in [1.29, 1.82) is 0 Å². The largest absolute Gasteiger partial charge is 0.276 e. The summed E-state index contributed by atoms with van der Waals surface area (Å²) in [6.07, 6.45) is 1.54. The predicted octanol–water partition coefficient (Wildman–Crippen LogP) is 3.52. The van der Waals surface area contributed by atoms with Crippen molar-refractivity contribution in [3.8, 4) is 0 Å². The second-order valence-corrected chi connectivity index (χ2v) is 7.65. The Balaban J connectivity index is 2.45. The molecule has 0 bridgehead atoms. The molecule has 0 radical (unpaired) electrons. The molecule has 4 nitrogen and oxygen atoms in total. The normalized spacial score (nSPS) is 11.6. The second-order valence-electron chi connectivity index (χ2n) is 4.18. The van der Waals surface area contributed by atoms with Gasteiger partial charge >= 0.3 is 0 Å². The molecule has 0 aliphatic heterocycles. The Bertz CT molecular complexity index is 703. The fourth-order valence-electron chi connectivity index (χ4n) is 1.71. The van der Waals surface area contributed by atoms with Gasteiger partial charge in [0.1, 0.15) is 4.90 Å². The Morgan fingerprint density at radius 3 is 2.53 bits per heavy atom. The topological polar surface area (TPSA) is 59.1 Å². The van der Waals surface area contributed by atoms with Crippen LogP contribution >= 0.6 is 22.9 Å². The minimum atomic E-state index is -3.63. The molecule has 102 valence electrons. The fourth-order valence-corrected chi connectivity index (χ4v) is 4.71. The Labute approximate surface area is 121 Å². The van der Waals surface area contributed by atoms with Gasteiger partial charge in [0.25, 0.3) is 10.0 Å². The number of aromatic nitrogens is 1. The number of rotatable bonds is 3. The van der Waals surface area contributed by atoms with Gasteiger partial charge in [0.2, 0.25) is 0 Å². The average molecular weight is 317 g/mol. The standard InChI is InChI=1S/C12H13ClN2O2S2/c1-7-4-5-14-12(13)11(7)15-19(16,17)10-6-8(2)18-9(10)3/h4-6,15H,1-3H3. The molecule has 19 heavy (non-hydrogen) atoms. The van der Waals surface area contributed by atoms with E-state index in [1.807, 2.05) is 6.92 Å². The van der Waals surface area contributed by atoms with Crippen LogP contribution in [0.3, 0.4) is 0 Å². The summed E-state index contributed by atoms with van der Waals surface area (Å²) in [5.41, 5.74) is 1.06. The number of thiophene rings is 1. The molecule has 0 saturated carbocycles. The van der Waals surface area contributed by atoms with Gasteiger partial charge in [-0.15, -0.1) is 11.3 Å². The number of halogens is 1. The molecule has 0 aliphatic rings. The molecule has 0 fully saturated rings. The van der Waals surface area contributed by atoms with Crippen LogP contribution in [0.25, 0.3) is 0 Å². The molecule has 0 unspecified atom stereocenters. The molecule has 0 atom stereocenters. The molecule has 7 heteroatoms. The molecule has 2 aromatic heterocycles. The Hall–Kier alpha value is -1.11. The summed E-state index contributed by atoms with van der Waals surface area (Å²) in [5, 5.41) is 0.146. The SMILES string of the molecule is Cc1cc(S(=O)(=O)Nc2c(C)ccnc2Cl)c(C)s1. The van der Waals surface area contributed by atoms with Gasteiger partial charge in [-0.1, -0.05) is 11.6 Å².